The molecule has 0 aliphatic heterocycles. The Morgan fingerprint density at radius 2 is 1.90 bits per heavy atom. The van der Waals surface area contributed by atoms with Crippen molar-refractivity contribution in [2.24, 2.45) is 0 Å². The molecule has 0 aliphatic carbocycles. The molecule has 3 aromatic heterocycles. The summed E-state index contributed by atoms with van der Waals surface area (Å²) in [6, 6.07) is 13.3. The first-order chi connectivity index (χ1) is 10.3. The van der Waals surface area contributed by atoms with E-state index in [0.29, 0.717) is 17.0 Å². The molecule has 1 aromatic carbocycles. The Morgan fingerprint density at radius 3 is 2.76 bits per heavy atom. The van der Waals surface area contributed by atoms with Crippen LogP contribution in [0.15, 0.2) is 59.3 Å². The van der Waals surface area contributed by atoms with Gasteiger partial charge in [0.1, 0.15) is 17.0 Å². The Morgan fingerprint density at radius 1 is 1.00 bits per heavy atom. The number of nitrogens with zero attached hydrogens (tertiary/aromatic N) is 2. The van der Waals surface area contributed by atoms with Gasteiger partial charge in [0, 0.05) is 23.2 Å². The largest absolute Gasteiger partial charge is 0.456 e. The number of fused-ring (bicyclic) bond motifs is 2. The quantitative estimate of drug-likeness (QED) is 0.521. The van der Waals surface area contributed by atoms with E-state index < -0.39 is 0 Å². The summed E-state index contributed by atoms with van der Waals surface area (Å²) < 4.78 is 5.87. The summed E-state index contributed by atoms with van der Waals surface area (Å²) in [6.45, 7) is 0. The molecule has 0 saturated heterocycles. The molecule has 0 amide bonds. The lowest BCUT2D eigenvalue weighted by Crippen LogP contribution is -1.90. The van der Waals surface area contributed by atoms with Crippen molar-refractivity contribution in [3.63, 3.8) is 0 Å². The van der Waals surface area contributed by atoms with Crippen molar-refractivity contribution in [3.8, 4) is 11.3 Å². The van der Waals surface area contributed by atoms with Gasteiger partial charge in [0.25, 0.3) is 0 Å². The van der Waals surface area contributed by atoms with Crippen molar-refractivity contribution < 1.29 is 9.21 Å². The molecule has 0 atom stereocenters. The normalized spacial score (nSPS) is 11.0. The fourth-order valence-corrected chi connectivity index (χ4v) is 2.42. The van der Waals surface area contributed by atoms with Gasteiger partial charge >= 0.3 is 0 Å². The van der Waals surface area contributed by atoms with Crippen LogP contribution in [0.4, 0.5) is 0 Å². The third-order valence-corrected chi connectivity index (χ3v) is 3.43. The van der Waals surface area contributed by atoms with Crippen molar-refractivity contribution in [2.75, 3.05) is 0 Å². The molecule has 0 unspecified atom stereocenters. The lowest BCUT2D eigenvalue weighted by atomic mass is 10.1. The van der Waals surface area contributed by atoms with Crippen LogP contribution in [0.2, 0.25) is 0 Å². The fourth-order valence-electron chi connectivity index (χ4n) is 2.42. The van der Waals surface area contributed by atoms with Gasteiger partial charge in [0.2, 0.25) is 0 Å². The Kier molecular flexibility index (Phi) is 2.54. The maximum atomic E-state index is 10.9. The molecule has 0 radical (unpaired) electrons. The third kappa shape index (κ3) is 1.89. The number of pyridine rings is 2. The highest BCUT2D eigenvalue weighted by Crippen LogP contribution is 2.31. The molecular formula is C17H10N2O2. The number of rotatable bonds is 2. The van der Waals surface area contributed by atoms with Crippen molar-refractivity contribution in [3.05, 3.63) is 60.6 Å². The van der Waals surface area contributed by atoms with Crippen LogP contribution in [0.1, 0.15) is 10.5 Å². The maximum Gasteiger partial charge on any atom is 0.168 e. The minimum Gasteiger partial charge on any atom is -0.456 e. The summed E-state index contributed by atoms with van der Waals surface area (Å²) in [5, 5.41) is 1.90. The summed E-state index contributed by atoms with van der Waals surface area (Å²) in [5.41, 5.74) is 2.71. The average molecular weight is 274 g/mol. The van der Waals surface area contributed by atoms with Gasteiger partial charge in [-0.25, -0.2) is 4.98 Å². The number of hydrogen-bond acceptors (Lipinski definition) is 4. The summed E-state index contributed by atoms with van der Waals surface area (Å²) in [6.07, 6.45) is 4.17. The molecule has 0 N–H and O–H groups in total. The van der Waals surface area contributed by atoms with E-state index >= 15 is 0 Å². The van der Waals surface area contributed by atoms with Crippen LogP contribution >= 0.6 is 0 Å². The van der Waals surface area contributed by atoms with Gasteiger partial charge in [-0.1, -0.05) is 18.2 Å². The molecule has 4 nitrogen and oxygen atoms in total. The van der Waals surface area contributed by atoms with Gasteiger partial charge in [-0.3, -0.25) is 9.78 Å². The molecule has 100 valence electrons. The first-order valence-electron chi connectivity index (χ1n) is 6.54. The van der Waals surface area contributed by atoms with Gasteiger partial charge in [-0.05, 0) is 24.3 Å². The van der Waals surface area contributed by atoms with Crippen LogP contribution in [0, 0.1) is 0 Å². The SMILES string of the molecule is O=Cc1ccc2cncc(-c3cc4ccccc4o3)c2n1. The number of para-hydroxylation sites is 1. The van der Waals surface area contributed by atoms with Crippen molar-refractivity contribution in [1.29, 1.82) is 0 Å². The van der Waals surface area contributed by atoms with Gasteiger partial charge in [0.15, 0.2) is 6.29 Å². The monoisotopic (exact) mass is 274 g/mol. The Labute approximate surface area is 120 Å². The maximum absolute atomic E-state index is 10.9. The molecule has 0 aliphatic rings. The molecular weight excluding hydrogens is 264 g/mol. The molecule has 0 fully saturated rings. The predicted molar refractivity (Wildman–Crippen MR) is 80.1 cm³/mol. The minimum atomic E-state index is 0.395. The smallest absolute Gasteiger partial charge is 0.168 e. The third-order valence-electron chi connectivity index (χ3n) is 3.43. The van der Waals surface area contributed by atoms with E-state index in [1.54, 1.807) is 18.5 Å². The second-order valence-corrected chi connectivity index (χ2v) is 4.76. The highest BCUT2D eigenvalue weighted by molar-refractivity contribution is 5.95. The summed E-state index contributed by atoms with van der Waals surface area (Å²) in [5.74, 6) is 0.699. The van der Waals surface area contributed by atoms with E-state index in [2.05, 4.69) is 9.97 Å². The number of carbonyl (C=O) groups excluding carboxylic acids is 1. The van der Waals surface area contributed by atoms with Crippen LogP contribution < -0.4 is 0 Å². The minimum absolute atomic E-state index is 0.395. The molecule has 0 saturated carbocycles. The summed E-state index contributed by atoms with van der Waals surface area (Å²) >= 11 is 0. The second kappa shape index (κ2) is 4.52. The van der Waals surface area contributed by atoms with Crippen LogP contribution in [0.3, 0.4) is 0 Å². The zero-order chi connectivity index (χ0) is 14.2. The van der Waals surface area contributed by atoms with E-state index in [1.165, 1.54) is 0 Å². The van der Waals surface area contributed by atoms with E-state index in [9.17, 15) is 4.79 Å². The number of benzene rings is 1. The molecule has 4 rings (SSSR count). The van der Waals surface area contributed by atoms with E-state index in [4.69, 9.17) is 4.42 Å². The molecule has 4 heteroatoms. The summed E-state index contributed by atoms with van der Waals surface area (Å²) in [4.78, 5) is 19.5. The standard InChI is InChI=1S/C17H10N2O2/c20-10-13-6-5-12-8-18-9-14(17(12)19-13)16-7-11-3-1-2-4-15(11)21-16/h1-10H. The van der Waals surface area contributed by atoms with Crippen molar-refractivity contribution >= 4 is 28.2 Å². The zero-order valence-corrected chi connectivity index (χ0v) is 11.0. The van der Waals surface area contributed by atoms with Crippen LogP contribution in [-0.2, 0) is 0 Å². The number of furan rings is 1. The molecule has 0 spiro atoms. The molecule has 21 heavy (non-hydrogen) atoms. The fraction of sp³-hybridized carbons (Fsp3) is 0. The number of hydrogen-bond donors (Lipinski definition) is 0. The number of aromatic nitrogens is 2. The van der Waals surface area contributed by atoms with Crippen LogP contribution in [-0.4, -0.2) is 16.3 Å². The molecule has 0 bridgehead atoms. The highest BCUT2D eigenvalue weighted by Gasteiger charge is 2.11. The van der Waals surface area contributed by atoms with Crippen molar-refractivity contribution in [2.45, 2.75) is 0 Å². The lowest BCUT2D eigenvalue weighted by Gasteiger charge is -2.02. The van der Waals surface area contributed by atoms with Gasteiger partial charge in [-0.2, -0.15) is 0 Å². The Balaban J connectivity index is 2.02. The Bertz CT molecular complexity index is 940. The lowest BCUT2D eigenvalue weighted by molar-refractivity contribution is 0.111. The van der Waals surface area contributed by atoms with Crippen LogP contribution in [0.25, 0.3) is 33.2 Å². The van der Waals surface area contributed by atoms with Gasteiger partial charge < -0.3 is 4.42 Å². The zero-order valence-electron chi connectivity index (χ0n) is 11.0. The van der Waals surface area contributed by atoms with Gasteiger partial charge in [0.05, 0.1) is 11.1 Å². The van der Waals surface area contributed by atoms with Crippen molar-refractivity contribution in [1.82, 2.24) is 9.97 Å². The van der Waals surface area contributed by atoms with Gasteiger partial charge in [-0.15, -0.1) is 0 Å². The first-order valence-corrected chi connectivity index (χ1v) is 6.54. The van der Waals surface area contributed by atoms with Crippen LogP contribution in [0.5, 0.6) is 0 Å². The molecule has 4 aromatic rings. The van der Waals surface area contributed by atoms with E-state index in [0.717, 1.165) is 28.2 Å². The highest BCUT2D eigenvalue weighted by atomic mass is 16.3. The van der Waals surface area contributed by atoms with E-state index in [-0.39, 0.29) is 0 Å². The first kappa shape index (κ1) is 11.8. The number of carbonyl (C=O) groups is 1. The summed E-state index contributed by atoms with van der Waals surface area (Å²) in [7, 11) is 0. The second-order valence-electron chi connectivity index (χ2n) is 4.76. The topological polar surface area (TPSA) is 56.0 Å². The number of aldehydes is 1. The van der Waals surface area contributed by atoms with E-state index in [1.807, 2.05) is 36.4 Å². The predicted octanol–water partition coefficient (Wildman–Crippen LogP) is 3.86. The Hall–Kier alpha value is -3.01. The average Bonchev–Trinajstić information content (AvgIpc) is 2.97. The molecule has 3 heterocycles.